The summed E-state index contributed by atoms with van der Waals surface area (Å²) in [6.45, 7) is 1.36. The van der Waals surface area contributed by atoms with E-state index >= 15 is 0 Å². The molecule has 3 rings (SSSR count). The Bertz CT molecular complexity index is 740. The Labute approximate surface area is 136 Å². The zero-order valence-electron chi connectivity index (χ0n) is 13.4. The number of phenols is 1. The average molecular weight is 310 g/mol. The van der Waals surface area contributed by atoms with Crippen LogP contribution in [0.1, 0.15) is 39.0 Å². The molecular weight excluding hydrogens is 288 g/mol. The van der Waals surface area contributed by atoms with Crippen molar-refractivity contribution in [2.45, 2.75) is 32.4 Å². The number of aryl methyl sites for hydroxylation is 2. The predicted octanol–water partition coefficient (Wildman–Crippen LogP) is 2.61. The van der Waals surface area contributed by atoms with Gasteiger partial charge in [-0.2, -0.15) is 0 Å². The van der Waals surface area contributed by atoms with Gasteiger partial charge in [0, 0.05) is 24.2 Å². The van der Waals surface area contributed by atoms with Crippen molar-refractivity contribution in [2.75, 3.05) is 7.05 Å². The van der Waals surface area contributed by atoms with Gasteiger partial charge in [-0.15, -0.1) is 0 Å². The molecule has 0 spiro atoms. The van der Waals surface area contributed by atoms with E-state index in [4.69, 9.17) is 5.73 Å². The van der Waals surface area contributed by atoms with E-state index in [1.807, 2.05) is 31.3 Å². The molecule has 0 aliphatic heterocycles. The zero-order valence-corrected chi connectivity index (χ0v) is 13.4. The van der Waals surface area contributed by atoms with Gasteiger partial charge < -0.3 is 10.8 Å². The largest absolute Gasteiger partial charge is 0.508 e. The van der Waals surface area contributed by atoms with Crippen molar-refractivity contribution in [3.8, 4) is 5.75 Å². The molecule has 0 saturated heterocycles. The van der Waals surface area contributed by atoms with Crippen LogP contribution in [0, 0.1) is 0 Å². The second-order valence-electron chi connectivity index (χ2n) is 6.34. The standard InChI is InChI=1S/C19H22N2O2/c1-21(11-13-4-2-7-16(8-13)19(20)23)12-17-9-14-5-3-6-15(14)10-18(17)22/h2,4,7-10,22H,3,5-6,11-12H2,1H3,(H2,20,23). The van der Waals surface area contributed by atoms with Crippen LogP contribution in [0.5, 0.6) is 5.75 Å². The number of hydrogen-bond acceptors (Lipinski definition) is 3. The molecule has 2 aromatic carbocycles. The topological polar surface area (TPSA) is 66.6 Å². The van der Waals surface area contributed by atoms with Crippen LogP contribution in [0.4, 0.5) is 0 Å². The fourth-order valence-electron chi connectivity index (χ4n) is 3.27. The molecule has 1 aliphatic carbocycles. The van der Waals surface area contributed by atoms with Crippen LogP contribution in [0.2, 0.25) is 0 Å². The lowest BCUT2D eigenvalue weighted by Gasteiger charge is -2.18. The first kappa shape index (κ1) is 15.6. The van der Waals surface area contributed by atoms with Gasteiger partial charge in [-0.1, -0.05) is 18.2 Å². The number of primary amides is 1. The van der Waals surface area contributed by atoms with E-state index in [0.29, 0.717) is 24.4 Å². The third kappa shape index (κ3) is 3.54. The molecule has 0 unspecified atom stereocenters. The summed E-state index contributed by atoms with van der Waals surface area (Å²) in [5.74, 6) is -0.0332. The Morgan fingerprint density at radius 1 is 1.17 bits per heavy atom. The van der Waals surface area contributed by atoms with Crippen LogP contribution >= 0.6 is 0 Å². The number of nitrogens with zero attached hydrogens (tertiary/aromatic N) is 1. The number of phenolic OH excluding ortho intramolecular Hbond substituents is 1. The van der Waals surface area contributed by atoms with Crippen LogP contribution in [-0.2, 0) is 25.9 Å². The first-order valence-corrected chi connectivity index (χ1v) is 7.94. The molecule has 0 saturated carbocycles. The van der Waals surface area contributed by atoms with E-state index < -0.39 is 5.91 Å². The Kier molecular flexibility index (Phi) is 4.35. The summed E-state index contributed by atoms with van der Waals surface area (Å²) in [5.41, 5.74) is 10.5. The highest BCUT2D eigenvalue weighted by Gasteiger charge is 2.15. The Balaban J connectivity index is 1.71. The third-order valence-electron chi connectivity index (χ3n) is 4.40. The fourth-order valence-corrected chi connectivity index (χ4v) is 3.27. The lowest BCUT2D eigenvalue weighted by Crippen LogP contribution is -2.18. The second kappa shape index (κ2) is 6.42. The molecule has 23 heavy (non-hydrogen) atoms. The first-order valence-electron chi connectivity index (χ1n) is 7.94. The van der Waals surface area contributed by atoms with Crippen molar-refractivity contribution in [3.63, 3.8) is 0 Å². The van der Waals surface area contributed by atoms with Gasteiger partial charge in [-0.05, 0) is 61.2 Å². The molecule has 120 valence electrons. The minimum Gasteiger partial charge on any atom is -0.508 e. The van der Waals surface area contributed by atoms with Crippen molar-refractivity contribution in [2.24, 2.45) is 5.73 Å². The molecule has 3 N–H and O–H groups in total. The predicted molar refractivity (Wildman–Crippen MR) is 90.3 cm³/mol. The smallest absolute Gasteiger partial charge is 0.248 e. The maximum Gasteiger partial charge on any atom is 0.248 e. The quantitative estimate of drug-likeness (QED) is 0.892. The monoisotopic (exact) mass is 310 g/mol. The van der Waals surface area contributed by atoms with Crippen LogP contribution in [0.15, 0.2) is 36.4 Å². The van der Waals surface area contributed by atoms with Gasteiger partial charge in [0.05, 0.1) is 0 Å². The maximum atomic E-state index is 11.3. The molecule has 1 amide bonds. The van der Waals surface area contributed by atoms with E-state index in [1.54, 1.807) is 6.07 Å². The molecule has 2 aromatic rings. The van der Waals surface area contributed by atoms with Crippen molar-refractivity contribution < 1.29 is 9.90 Å². The van der Waals surface area contributed by atoms with Gasteiger partial charge in [0.15, 0.2) is 0 Å². The van der Waals surface area contributed by atoms with Crippen LogP contribution < -0.4 is 5.73 Å². The van der Waals surface area contributed by atoms with Crippen LogP contribution in [-0.4, -0.2) is 23.0 Å². The van der Waals surface area contributed by atoms with E-state index in [1.165, 1.54) is 17.5 Å². The lowest BCUT2D eigenvalue weighted by atomic mass is 10.0. The molecule has 0 fully saturated rings. The molecule has 1 aliphatic rings. The van der Waals surface area contributed by atoms with E-state index in [2.05, 4.69) is 11.0 Å². The van der Waals surface area contributed by atoms with Crippen molar-refractivity contribution in [1.82, 2.24) is 4.90 Å². The number of benzene rings is 2. The second-order valence-corrected chi connectivity index (χ2v) is 6.34. The van der Waals surface area contributed by atoms with Crippen molar-refractivity contribution in [1.29, 1.82) is 0 Å². The number of fused-ring (bicyclic) bond motifs is 1. The third-order valence-corrected chi connectivity index (χ3v) is 4.40. The van der Waals surface area contributed by atoms with Crippen molar-refractivity contribution >= 4 is 5.91 Å². The Morgan fingerprint density at radius 3 is 2.65 bits per heavy atom. The van der Waals surface area contributed by atoms with Gasteiger partial charge >= 0.3 is 0 Å². The van der Waals surface area contributed by atoms with Gasteiger partial charge in [0.25, 0.3) is 0 Å². The number of aromatic hydroxyl groups is 1. The molecule has 4 heteroatoms. The SMILES string of the molecule is CN(Cc1cccc(C(N)=O)c1)Cc1cc2c(cc1O)CCC2. The summed E-state index contributed by atoms with van der Waals surface area (Å²) >= 11 is 0. The van der Waals surface area contributed by atoms with Gasteiger partial charge in [-0.3, -0.25) is 9.69 Å². The minimum absolute atomic E-state index is 0.378. The molecule has 4 nitrogen and oxygen atoms in total. The fraction of sp³-hybridized carbons (Fsp3) is 0.316. The lowest BCUT2D eigenvalue weighted by molar-refractivity contribution is 0.1000. The van der Waals surface area contributed by atoms with Gasteiger partial charge in [0.2, 0.25) is 5.91 Å². The molecule has 0 atom stereocenters. The summed E-state index contributed by atoms with van der Waals surface area (Å²) < 4.78 is 0. The first-order chi connectivity index (χ1) is 11.0. The van der Waals surface area contributed by atoms with E-state index in [0.717, 1.165) is 24.0 Å². The zero-order chi connectivity index (χ0) is 16.4. The van der Waals surface area contributed by atoms with Gasteiger partial charge in [0.1, 0.15) is 5.75 Å². The number of rotatable bonds is 5. The molecule has 0 heterocycles. The highest BCUT2D eigenvalue weighted by Crippen LogP contribution is 2.30. The number of carbonyl (C=O) groups excluding carboxylic acids is 1. The number of nitrogens with two attached hydrogens (primary N) is 1. The van der Waals surface area contributed by atoms with Crippen molar-refractivity contribution in [3.05, 3.63) is 64.2 Å². The van der Waals surface area contributed by atoms with E-state index in [9.17, 15) is 9.90 Å². The van der Waals surface area contributed by atoms with Crippen LogP contribution in [0.3, 0.4) is 0 Å². The summed E-state index contributed by atoms with van der Waals surface area (Å²) in [7, 11) is 2.00. The Hall–Kier alpha value is -2.33. The normalized spacial score (nSPS) is 13.3. The molecule has 0 aromatic heterocycles. The maximum absolute atomic E-state index is 11.3. The summed E-state index contributed by atoms with van der Waals surface area (Å²) in [4.78, 5) is 13.4. The summed E-state index contributed by atoms with van der Waals surface area (Å²) in [6, 6.07) is 11.4. The molecule has 0 radical (unpaired) electrons. The molecule has 0 bridgehead atoms. The summed E-state index contributed by atoms with van der Waals surface area (Å²) in [6.07, 6.45) is 3.35. The highest BCUT2D eigenvalue weighted by molar-refractivity contribution is 5.92. The van der Waals surface area contributed by atoms with Crippen LogP contribution in [0.25, 0.3) is 0 Å². The minimum atomic E-state index is -0.411. The number of carbonyl (C=O) groups is 1. The highest BCUT2D eigenvalue weighted by atomic mass is 16.3. The number of hydrogen-bond donors (Lipinski definition) is 2. The van der Waals surface area contributed by atoms with E-state index in [-0.39, 0.29) is 0 Å². The summed E-state index contributed by atoms with van der Waals surface area (Å²) in [5, 5.41) is 10.2. The Morgan fingerprint density at radius 2 is 1.91 bits per heavy atom. The molecular formula is C19H22N2O2. The average Bonchev–Trinajstić information content (AvgIpc) is 2.94. The van der Waals surface area contributed by atoms with Gasteiger partial charge in [-0.25, -0.2) is 0 Å². The number of amides is 1.